The van der Waals surface area contributed by atoms with Crippen molar-refractivity contribution in [3.8, 4) is 0 Å². The molecule has 0 aliphatic heterocycles. The average Bonchev–Trinajstić information content (AvgIpc) is 2.92. The number of thioether (sulfide) groups is 3. The van der Waals surface area contributed by atoms with E-state index < -0.39 is 144 Å². The van der Waals surface area contributed by atoms with Crippen LogP contribution in [0.15, 0.2) is 21.8 Å². The van der Waals surface area contributed by atoms with E-state index in [9.17, 15) is 65.9 Å². The van der Waals surface area contributed by atoms with Crippen molar-refractivity contribution >= 4 is 57.9 Å². The van der Waals surface area contributed by atoms with E-state index in [2.05, 4.69) is 0 Å². The second-order valence-corrected chi connectivity index (χ2v) is 11.7. The van der Waals surface area contributed by atoms with Gasteiger partial charge in [0.05, 0.1) is 21.8 Å². The lowest BCUT2D eigenvalue weighted by Crippen LogP contribution is -2.05. The highest BCUT2D eigenvalue weighted by atomic mass is 127. The molecule has 0 radical (unpaired) electrons. The molecule has 0 unspecified atom stereocenters. The van der Waals surface area contributed by atoms with Crippen molar-refractivity contribution in [2.45, 2.75) is 14.7 Å². The molecule has 0 atom stereocenters. The molecule has 0 bridgehead atoms. The molecular weight excluding hydrogens is 748 g/mol. The third-order valence-electron chi connectivity index (χ3n) is 4.25. The maximum absolute atomic E-state index is 14.2. The first-order valence-electron chi connectivity index (χ1n) is 9.00. The van der Waals surface area contributed by atoms with E-state index in [0.717, 1.165) is 22.6 Å². The van der Waals surface area contributed by atoms with Gasteiger partial charge in [-0.15, -0.1) is 0 Å². The predicted molar refractivity (Wildman–Crippen MR) is 117 cm³/mol. The summed E-state index contributed by atoms with van der Waals surface area (Å²) in [4.78, 5) is -5.33. The molecule has 3 aromatic carbocycles. The summed E-state index contributed by atoms with van der Waals surface area (Å²) in [6.07, 6.45) is 0. The minimum atomic E-state index is -2.64. The smallest absolute Gasteiger partial charge is 0.200 e. The Balaban J connectivity index is 2.28. The van der Waals surface area contributed by atoms with Crippen LogP contribution in [0.25, 0.3) is 0 Å². The number of hydrogen-bond acceptors (Lipinski definition) is 3. The molecule has 0 aliphatic carbocycles. The first-order valence-corrected chi connectivity index (χ1v) is 12.5. The summed E-state index contributed by atoms with van der Waals surface area (Å²) < 4.78 is 205. The van der Waals surface area contributed by atoms with Gasteiger partial charge in [0.15, 0.2) is 69.8 Å². The molecular formula is C20F15IS3. The summed E-state index contributed by atoms with van der Waals surface area (Å²) in [7, 11) is 0. The van der Waals surface area contributed by atoms with Gasteiger partial charge in [0.2, 0.25) is 17.5 Å². The number of halogens is 16. The zero-order valence-electron chi connectivity index (χ0n) is 17.3. The number of benzene rings is 3. The largest absolute Gasteiger partial charge is 0.202 e. The van der Waals surface area contributed by atoms with Gasteiger partial charge in [0.1, 0.15) is 0 Å². The molecule has 0 nitrogen and oxygen atoms in total. The quantitative estimate of drug-likeness (QED) is 0.0811. The van der Waals surface area contributed by atoms with E-state index >= 15 is 0 Å². The topological polar surface area (TPSA) is 0 Å². The fourth-order valence-electron chi connectivity index (χ4n) is 2.44. The minimum Gasteiger partial charge on any atom is -0.202 e. The highest BCUT2D eigenvalue weighted by molar-refractivity contribution is 14.1. The SMILES string of the molecule is Fc1c(F)c(F)c(SC(I)=C(Sc2c(F)c(F)c(F)c(F)c2F)Sc2c(F)c(F)c(F)c(F)c2F)c(F)c1F. The van der Waals surface area contributed by atoms with Crippen LogP contribution in [0.1, 0.15) is 0 Å². The molecule has 0 fully saturated rings. The summed E-state index contributed by atoms with van der Waals surface area (Å²) in [5, 5.41) is 0. The normalized spacial score (nSPS) is 11.4. The van der Waals surface area contributed by atoms with Gasteiger partial charge in [-0.3, -0.25) is 0 Å². The van der Waals surface area contributed by atoms with Gasteiger partial charge in [-0.05, 0) is 22.6 Å². The molecule has 0 heterocycles. The molecule has 19 heteroatoms. The molecule has 39 heavy (non-hydrogen) atoms. The monoisotopic (exact) mass is 748 g/mol. The van der Waals surface area contributed by atoms with Crippen LogP contribution in [-0.2, 0) is 0 Å². The van der Waals surface area contributed by atoms with Crippen LogP contribution in [0.4, 0.5) is 65.9 Å². The molecule has 0 saturated carbocycles. The molecule has 0 saturated heterocycles. The lowest BCUT2D eigenvalue weighted by Gasteiger charge is -2.15. The van der Waals surface area contributed by atoms with E-state index in [1.165, 1.54) is 0 Å². The minimum absolute atomic E-state index is 0.458. The number of hydrogen-bond donors (Lipinski definition) is 0. The van der Waals surface area contributed by atoms with Crippen LogP contribution in [0.3, 0.4) is 0 Å². The van der Waals surface area contributed by atoms with Gasteiger partial charge < -0.3 is 0 Å². The van der Waals surface area contributed by atoms with E-state index in [0.29, 0.717) is 0 Å². The molecule has 3 aromatic rings. The zero-order valence-corrected chi connectivity index (χ0v) is 21.9. The van der Waals surface area contributed by atoms with Gasteiger partial charge in [-0.2, -0.15) is 0 Å². The van der Waals surface area contributed by atoms with E-state index in [-0.39, 0.29) is 0 Å². The predicted octanol–water partition coefficient (Wildman–Crippen LogP) is 10.0. The second-order valence-electron chi connectivity index (χ2n) is 6.56. The Kier molecular flexibility index (Phi) is 9.68. The summed E-state index contributed by atoms with van der Waals surface area (Å²) >= 11 is -0.727. The Hall–Kier alpha value is -1.87. The van der Waals surface area contributed by atoms with Crippen molar-refractivity contribution in [3.05, 3.63) is 94.4 Å². The van der Waals surface area contributed by atoms with Crippen molar-refractivity contribution in [1.82, 2.24) is 0 Å². The maximum atomic E-state index is 14.2. The molecule has 0 aromatic heterocycles. The molecule has 3 rings (SSSR count). The second kappa shape index (κ2) is 11.9. The molecule has 0 aliphatic rings. The Labute approximate surface area is 232 Å². The number of rotatable bonds is 6. The van der Waals surface area contributed by atoms with Gasteiger partial charge in [-0.25, -0.2) is 65.9 Å². The van der Waals surface area contributed by atoms with Gasteiger partial charge in [0, 0.05) is 0 Å². The summed E-state index contributed by atoms with van der Waals surface area (Å²) in [6.45, 7) is 0. The van der Waals surface area contributed by atoms with Gasteiger partial charge in [-0.1, -0.05) is 35.3 Å². The lowest BCUT2D eigenvalue weighted by molar-refractivity contribution is 0.360. The van der Waals surface area contributed by atoms with E-state index in [1.807, 2.05) is 0 Å². The van der Waals surface area contributed by atoms with Gasteiger partial charge >= 0.3 is 0 Å². The highest BCUT2D eigenvalue weighted by Crippen LogP contribution is 2.51. The summed E-state index contributed by atoms with van der Waals surface area (Å²) in [5.41, 5.74) is 0. The molecule has 0 N–H and O–H groups in total. The molecule has 0 spiro atoms. The fourth-order valence-corrected chi connectivity index (χ4v) is 6.80. The van der Waals surface area contributed by atoms with Crippen LogP contribution in [-0.4, -0.2) is 0 Å². The third-order valence-corrected chi connectivity index (χ3v) is 9.79. The Morgan fingerprint density at radius 1 is 0.308 bits per heavy atom. The fraction of sp³-hybridized carbons (Fsp3) is 0. The first kappa shape index (κ1) is 31.7. The Bertz CT molecular complexity index is 1400. The lowest BCUT2D eigenvalue weighted by atomic mass is 10.3. The van der Waals surface area contributed by atoms with Crippen molar-refractivity contribution < 1.29 is 65.9 Å². The Morgan fingerprint density at radius 2 is 0.487 bits per heavy atom. The van der Waals surface area contributed by atoms with Crippen LogP contribution >= 0.6 is 57.9 Å². The molecule has 210 valence electrons. The maximum Gasteiger partial charge on any atom is 0.200 e. The van der Waals surface area contributed by atoms with Crippen molar-refractivity contribution in [1.29, 1.82) is 0 Å². The summed E-state index contributed by atoms with van der Waals surface area (Å²) in [6, 6.07) is 0. The average molecular weight is 748 g/mol. The third kappa shape index (κ3) is 5.67. The van der Waals surface area contributed by atoms with Crippen LogP contribution in [0.2, 0.25) is 0 Å². The molecule has 0 amide bonds. The first-order chi connectivity index (χ1) is 18.0. The van der Waals surface area contributed by atoms with Crippen LogP contribution < -0.4 is 0 Å². The summed E-state index contributed by atoms with van der Waals surface area (Å²) in [5.74, 6) is -38.0. The van der Waals surface area contributed by atoms with Crippen molar-refractivity contribution in [2.24, 2.45) is 0 Å². The van der Waals surface area contributed by atoms with Gasteiger partial charge in [0.25, 0.3) is 0 Å². The van der Waals surface area contributed by atoms with E-state index in [1.54, 1.807) is 0 Å². The van der Waals surface area contributed by atoms with Crippen molar-refractivity contribution in [2.75, 3.05) is 0 Å². The Morgan fingerprint density at radius 3 is 0.718 bits per heavy atom. The van der Waals surface area contributed by atoms with Crippen LogP contribution in [0, 0.1) is 87.3 Å². The van der Waals surface area contributed by atoms with E-state index in [4.69, 9.17) is 0 Å². The highest BCUT2D eigenvalue weighted by Gasteiger charge is 2.32. The standard InChI is InChI=1S/C20F15IS3/c21-1-4(24)10(30)16(11(31)5(1)25)37-19(36)20(38-17-12(32)6(26)2(22)7(27)13(17)33)39-18-14(34)8(28)3(23)9(29)15(18)35. The van der Waals surface area contributed by atoms with Crippen molar-refractivity contribution in [3.63, 3.8) is 0 Å². The van der Waals surface area contributed by atoms with Crippen LogP contribution in [0.5, 0.6) is 0 Å². The zero-order chi connectivity index (χ0) is 29.7.